The summed E-state index contributed by atoms with van der Waals surface area (Å²) in [4.78, 5) is 39.7. The summed E-state index contributed by atoms with van der Waals surface area (Å²) in [7, 11) is 0. The van der Waals surface area contributed by atoms with E-state index in [9.17, 15) is 19.5 Å². The standard InChI is InChI=1S/C35H52N2O4/c1-5-6-7-8-9-10-11-12-13-20-25-29(32(38)36-26-35(2,3)4)30(34(40)41)33(39)37-31(27-21-16-14-17-22-27)28-23-18-15-19-24-28/h14-19,21-24,29-31H,5-13,20,25-26H2,1-4H3,(H,36,38)(H,37,39)(H,40,41)/t29-,30?/m1/s1. The molecular weight excluding hydrogens is 512 g/mol. The van der Waals surface area contributed by atoms with Crippen molar-refractivity contribution in [2.45, 2.75) is 104 Å². The highest BCUT2D eigenvalue weighted by Gasteiger charge is 2.40. The van der Waals surface area contributed by atoms with Gasteiger partial charge in [0, 0.05) is 6.54 Å². The van der Waals surface area contributed by atoms with E-state index in [1.54, 1.807) is 0 Å². The van der Waals surface area contributed by atoms with Crippen LogP contribution in [-0.2, 0) is 14.4 Å². The molecule has 0 heterocycles. The lowest BCUT2D eigenvalue weighted by atomic mass is 9.84. The number of amides is 2. The molecule has 1 unspecified atom stereocenters. The van der Waals surface area contributed by atoms with Gasteiger partial charge in [-0.15, -0.1) is 0 Å². The van der Waals surface area contributed by atoms with E-state index in [2.05, 4.69) is 17.6 Å². The minimum Gasteiger partial charge on any atom is -0.481 e. The zero-order chi connectivity index (χ0) is 30.1. The van der Waals surface area contributed by atoms with Crippen molar-refractivity contribution in [3.05, 3.63) is 71.8 Å². The molecule has 6 nitrogen and oxygen atoms in total. The summed E-state index contributed by atoms with van der Waals surface area (Å²) >= 11 is 0. The number of benzene rings is 2. The van der Waals surface area contributed by atoms with Gasteiger partial charge in [0.15, 0.2) is 0 Å². The van der Waals surface area contributed by atoms with Crippen LogP contribution in [0.4, 0.5) is 0 Å². The second kappa shape index (κ2) is 18.3. The summed E-state index contributed by atoms with van der Waals surface area (Å²) in [5.41, 5.74) is 1.53. The quantitative estimate of drug-likeness (QED) is 0.120. The molecule has 226 valence electrons. The van der Waals surface area contributed by atoms with Gasteiger partial charge in [-0.3, -0.25) is 14.4 Å². The first-order valence-corrected chi connectivity index (χ1v) is 15.5. The number of aliphatic carboxylic acids is 1. The van der Waals surface area contributed by atoms with Crippen molar-refractivity contribution in [3.63, 3.8) is 0 Å². The molecule has 0 aromatic heterocycles. The Balaban J connectivity index is 2.14. The van der Waals surface area contributed by atoms with Gasteiger partial charge in [0.25, 0.3) is 0 Å². The molecule has 2 rings (SSSR count). The third-order valence-corrected chi connectivity index (χ3v) is 7.50. The Bertz CT molecular complexity index is 994. The summed E-state index contributed by atoms with van der Waals surface area (Å²) in [6, 6.07) is 18.5. The van der Waals surface area contributed by atoms with Crippen LogP contribution in [0.15, 0.2) is 60.7 Å². The highest BCUT2D eigenvalue weighted by molar-refractivity contribution is 6.01. The lowest BCUT2D eigenvalue weighted by Crippen LogP contribution is -2.47. The van der Waals surface area contributed by atoms with Crippen molar-refractivity contribution in [2.75, 3.05) is 6.54 Å². The Morgan fingerprint density at radius 3 is 1.61 bits per heavy atom. The van der Waals surface area contributed by atoms with Crippen LogP contribution in [0.25, 0.3) is 0 Å². The molecule has 0 fully saturated rings. The number of carbonyl (C=O) groups is 3. The summed E-state index contributed by atoms with van der Waals surface area (Å²) in [5.74, 6) is -4.71. The molecule has 0 aliphatic carbocycles. The molecule has 0 saturated carbocycles. The van der Waals surface area contributed by atoms with Crippen molar-refractivity contribution in [2.24, 2.45) is 17.3 Å². The van der Waals surface area contributed by atoms with E-state index >= 15 is 0 Å². The molecule has 0 radical (unpaired) electrons. The monoisotopic (exact) mass is 564 g/mol. The molecule has 3 N–H and O–H groups in total. The van der Waals surface area contributed by atoms with Crippen LogP contribution in [0, 0.1) is 17.3 Å². The van der Waals surface area contributed by atoms with Crippen LogP contribution in [-0.4, -0.2) is 29.4 Å². The zero-order valence-corrected chi connectivity index (χ0v) is 25.7. The first-order chi connectivity index (χ1) is 19.6. The number of carboxylic acid groups (broad SMARTS) is 1. The van der Waals surface area contributed by atoms with Crippen LogP contribution >= 0.6 is 0 Å². The van der Waals surface area contributed by atoms with Crippen LogP contribution in [0.5, 0.6) is 0 Å². The highest BCUT2D eigenvalue weighted by Crippen LogP contribution is 2.26. The topological polar surface area (TPSA) is 95.5 Å². The Kier molecular flexibility index (Phi) is 15.2. The predicted octanol–water partition coefficient (Wildman–Crippen LogP) is 7.68. The fourth-order valence-corrected chi connectivity index (χ4v) is 5.13. The molecule has 2 aromatic rings. The minimum atomic E-state index is -1.48. The SMILES string of the molecule is CCCCCCCCCCCC[C@@H](C(=O)NCC(C)(C)C)C(C(=O)O)C(=O)NC(c1ccccc1)c1ccccc1. The number of rotatable bonds is 19. The van der Waals surface area contributed by atoms with E-state index in [-0.39, 0.29) is 11.3 Å². The molecule has 2 aromatic carbocycles. The molecule has 41 heavy (non-hydrogen) atoms. The van der Waals surface area contributed by atoms with Crippen LogP contribution in [0.1, 0.15) is 115 Å². The molecule has 0 aliphatic heterocycles. The van der Waals surface area contributed by atoms with E-state index in [1.165, 1.54) is 38.5 Å². The van der Waals surface area contributed by atoms with Crippen LogP contribution in [0.3, 0.4) is 0 Å². The first-order valence-electron chi connectivity index (χ1n) is 15.5. The van der Waals surface area contributed by atoms with Crippen LogP contribution < -0.4 is 10.6 Å². The maximum absolute atomic E-state index is 13.7. The Morgan fingerprint density at radius 2 is 1.17 bits per heavy atom. The number of hydrogen-bond acceptors (Lipinski definition) is 3. The summed E-state index contributed by atoms with van der Waals surface area (Å²) in [6.07, 6.45) is 11.8. The average molecular weight is 565 g/mol. The molecule has 2 atom stereocenters. The van der Waals surface area contributed by atoms with E-state index < -0.39 is 29.8 Å². The lowest BCUT2D eigenvalue weighted by molar-refractivity contribution is -0.153. The van der Waals surface area contributed by atoms with E-state index in [1.807, 2.05) is 81.4 Å². The minimum absolute atomic E-state index is 0.163. The van der Waals surface area contributed by atoms with Gasteiger partial charge in [0.2, 0.25) is 11.8 Å². The fourth-order valence-electron chi connectivity index (χ4n) is 5.13. The summed E-state index contributed by atoms with van der Waals surface area (Å²) < 4.78 is 0. The van der Waals surface area contributed by atoms with Gasteiger partial charge >= 0.3 is 5.97 Å². The largest absolute Gasteiger partial charge is 0.481 e. The predicted molar refractivity (Wildman–Crippen MR) is 166 cm³/mol. The first kappa shape index (κ1) is 34.1. The van der Waals surface area contributed by atoms with Crippen LogP contribution in [0.2, 0.25) is 0 Å². The number of carbonyl (C=O) groups excluding carboxylic acids is 2. The molecule has 0 aliphatic rings. The zero-order valence-electron chi connectivity index (χ0n) is 25.7. The molecule has 0 bridgehead atoms. The van der Waals surface area contributed by atoms with E-state index in [0.717, 1.165) is 30.4 Å². The van der Waals surface area contributed by atoms with Crippen molar-refractivity contribution in [1.29, 1.82) is 0 Å². The third-order valence-electron chi connectivity index (χ3n) is 7.50. The normalized spacial score (nSPS) is 13.0. The second-order valence-corrected chi connectivity index (χ2v) is 12.4. The molecule has 0 saturated heterocycles. The van der Waals surface area contributed by atoms with E-state index in [0.29, 0.717) is 19.4 Å². The smallest absolute Gasteiger partial charge is 0.316 e. The number of hydrogen-bond donors (Lipinski definition) is 3. The van der Waals surface area contributed by atoms with Gasteiger partial charge in [0.1, 0.15) is 5.92 Å². The molecule has 2 amide bonds. The summed E-state index contributed by atoms with van der Waals surface area (Å²) in [5, 5.41) is 16.2. The van der Waals surface area contributed by atoms with Gasteiger partial charge in [-0.05, 0) is 23.0 Å². The Hall–Kier alpha value is -3.15. The highest BCUT2D eigenvalue weighted by atomic mass is 16.4. The fraction of sp³-hybridized carbons (Fsp3) is 0.571. The average Bonchev–Trinajstić information content (AvgIpc) is 2.95. The number of carboxylic acids is 1. The Morgan fingerprint density at radius 1 is 0.707 bits per heavy atom. The number of nitrogens with one attached hydrogen (secondary N) is 2. The Labute approximate surface area is 247 Å². The maximum atomic E-state index is 13.7. The third kappa shape index (κ3) is 12.9. The van der Waals surface area contributed by atoms with Crippen molar-refractivity contribution in [3.8, 4) is 0 Å². The summed E-state index contributed by atoms with van der Waals surface area (Å²) in [6.45, 7) is 8.66. The van der Waals surface area contributed by atoms with Crippen molar-refractivity contribution >= 4 is 17.8 Å². The maximum Gasteiger partial charge on any atom is 0.316 e. The van der Waals surface area contributed by atoms with E-state index in [4.69, 9.17) is 0 Å². The van der Waals surface area contributed by atoms with Gasteiger partial charge in [-0.25, -0.2) is 0 Å². The van der Waals surface area contributed by atoms with Gasteiger partial charge in [-0.2, -0.15) is 0 Å². The van der Waals surface area contributed by atoms with Gasteiger partial charge in [-0.1, -0.05) is 153 Å². The number of unbranched alkanes of at least 4 members (excludes halogenated alkanes) is 9. The van der Waals surface area contributed by atoms with Crippen molar-refractivity contribution < 1.29 is 19.5 Å². The second-order valence-electron chi connectivity index (χ2n) is 12.4. The lowest BCUT2D eigenvalue weighted by Gasteiger charge is -2.27. The molecular formula is C35H52N2O4. The van der Waals surface area contributed by atoms with Gasteiger partial charge in [0.05, 0.1) is 12.0 Å². The molecule has 0 spiro atoms. The van der Waals surface area contributed by atoms with Crippen molar-refractivity contribution in [1.82, 2.24) is 10.6 Å². The molecule has 6 heteroatoms. The van der Waals surface area contributed by atoms with Gasteiger partial charge < -0.3 is 15.7 Å².